The molecule has 0 unspecified atom stereocenters. The second-order valence-corrected chi connectivity index (χ2v) is 4.66. The third-order valence-corrected chi connectivity index (χ3v) is 3.35. The molecule has 0 aromatic heterocycles. The van der Waals surface area contributed by atoms with Gasteiger partial charge in [0.25, 0.3) is 0 Å². The minimum Gasteiger partial charge on any atom is -0.204 e. The number of benzene rings is 2. The molecule has 0 bridgehead atoms. The zero-order chi connectivity index (χ0) is 13.1. The fourth-order valence-corrected chi connectivity index (χ4v) is 2.23. The maximum absolute atomic E-state index is 12.9. The van der Waals surface area contributed by atoms with Crippen LogP contribution in [0.2, 0.25) is 0 Å². The Balaban J connectivity index is 2.06. The average molecular weight is 272 g/mol. The van der Waals surface area contributed by atoms with E-state index in [4.69, 9.17) is 0 Å². The van der Waals surface area contributed by atoms with Gasteiger partial charge in [-0.3, -0.25) is 0 Å². The lowest BCUT2D eigenvalue weighted by molar-refractivity contribution is 0.506. The van der Waals surface area contributed by atoms with Crippen molar-refractivity contribution in [2.24, 2.45) is 0 Å². The molecule has 5 heteroatoms. The van der Waals surface area contributed by atoms with Gasteiger partial charge in [0, 0.05) is 10.6 Å². The van der Waals surface area contributed by atoms with Gasteiger partial charge in [0.15, 0.2) is 23.3 Å². The first kappa shape index (κ1) is 13.0. The van der Waals surface area contributed by atoms with E-state index in [1.54, 1.807) is 0 Å². The third kappa shape index (κ3) is 3.04. The summed E-state index contributed by atoms with van der Waals surface area (Å²) in [4.78, 5) is 0.527. The van der Waals surface area contributed by atoms with Crippen molar-refractivity contribution in [3.63, 3.8) is 0 Å². The van der Waals surface area contributed by atoms with Crippen molar-refractivity contribution in [3.05, 3.63) is 65.2 Å². The van der Waals surface area contributed by atoms with E-state index in [1.807, 2.05) is 0 Å². The number of thioether (sulfide) groups is 1. The van der Waals surface area contributed by atoms with Gasteiger partial charge < -0.3 is 0 Å². The Hall–Kier alpha value is -1.49. The van der Waals surface area contributed by atoms with Crippen LogP contribution in [-0.2, 0) is 5.75 Å². The molecule has 0 fully saturated rings. The summed E-state index contributed by atoms with van der Waals surface area (Å²) in [5, 5.41) is 0. The van der Waals surface area contributed by atoms with Gasteiger partial charge in [0.2, 0.25) is 0 Å². The molecule has 0 radical (unpaired) electrons. The lowest BCUT2D eigenvalue weighted by Crippen LogP contribution is -1.88. The summed E-state index contributed by atoms with van der Waals surface area (Å²) in [5.41, 5.74) is 0.573. The predicted molar refractivity (Wildman–Crippen MR) is 62.3 cm³/mol. The Labute approximate surface area is 106 Å². The van der Waals surface area contributed by atoms with Crippen LogP contribution < -0.4 is 0 Å². The molecular formula is C13H8F4S. The Morgan fingerprint density at radius 1 is 0.722 bits per heavy atom. The normalized spacial score (nSPS) is 10.7. The zero-order valence-corrected chi connectivity index (χ0v) is 9.91. The first-order chi connectivity index (χ1) is 8.56. The molecule has 0 atom stereocenters. The molecule has 0 aliphatic carbocycles. The Morgan fingerprint density at radius 2 is 1.33 bits per heavy atom. The van der Waals surface area contributed by atoms with Crippen molar-refractivity contribution in [2.75, 3.05) is 0 Å². The highest BCUT2D eigenvalue weighted by atomic mass is 32.2. The monoisotopic (exact) mass is 272 g/mol. The standard InChI is InChI=1S/C13H8F4S/c14-10-3-1-8(5-12(10)16)7-18-9-2-4-11(15)13(17)6-9/h1-6H,7H2. The van der Waals surface area contributed by atoms with Crippen LogP contribution in [0.25, 0.3) is 0 Å². The smallest absolute Gasteiger partial charge is 0.159 e. The minimum atomic E-state index is -0.926. The van der Waals surface area contributed by atoms with Crippen molar-refractivity contribution < 1.29 is 17.6 Å². The summed E-state index contributed by atoms with van der Waals surface area (Å²) in [6.45, 7) is 0. The highest BCUT2D eigenvalue weighted by Crippen LogP contribution is 2.24. The first-order valence-electron chi connectivity index (χ1n) is 5.08. The second-order valence-electron chi connectivity index (χ2n) is 3.61. The van der Waals surface area contributed by atoms with Crippen LogP contribution in [0.5, 0.6) is 0 Å². The molecule has 0 amide bonds. The van der Waals surface area contributed by atoms with E-state index in [1.165, 1.54) is 23.9 Å². The zero-order valence-electron chi connectivity index (χ0n) is 9.09. The van der Waals surface area contributed by atoms with Crippen molar-refractivity contribution in [3.8, 4) is 0 Å². The third-order valence-electron chi connectivity index (χ3n) is 2.28. The quantitative estimate of drug-likeness (QED) is 0.584. The number of hydrogen-bond donors (Lipinski definition) is 0. The predicted octanol–water partition coefficient (Wildman–Crippen LogP) is 4.54. The van der Waals surface area contributed by atoms with E-state index >= 15 is 0 Å². The molecule has 0 spiro atoms. The summed E-state index contributed by atoms with van der Waals surface area (Å²) in [5.74, 6) is -3.31. The molecule has 0 saturated carbocycles. The van der Waals surface area contributed by atoms with Crippen LogP contribution in [0.1, 0.15) is 5.56 Å². The fraction of sp³-hybridized carbons (Fsp3) is 0.0769. The van der Waals surface area contributed by atoms with Gasteiger partial charge >= 0.3 is 0 Å². The molecular weight excluding hydrogens is 264 g/mol. The molecule has 0 saturated heterocycles. The molecule has 0 N–H and O–H groups in total. The Kier molecular flexibility index (Phi) is 3.91. The lowest BCUT2D eigenvalue weighted by Gasteiger charge is -2.03. The SMILES string of the molecule is Fc1ccc(CSc2ccc(F)c(F)c2)cc1F. The molecule has 94 valence electrons. The lowest BCUT2D eigenvalue weighted by atomic mass is 10.2. The molecule has 0 aliphatic rings. The van der Waals surface area contributed by atoms with Gasteiger partial charge in [-0.2, -0.15) is 0 Å². The van der Waals surface area contributed by atoms with E-state index in [-0.39, 0.29) is 0 Å². The molecule has 2 aromatic carbocycles. The highest BCUT2D eigenvalue weighted by molar-refractivity contribution is 7.98. The molecule has 0 aliphatic heterocycles. The van der Waals surface area contributed by atoms with Crippen LogP contribution >= 0.6 is 11.8 Å². The van der Waals surface area contributed by atoms with Crippen LogP contribution in [0.4, 0.5) is 17.6 Å². The van der Waals surface area contributed by atoms with E-state index in [0.29, 0.717) is 16.2 Å². The maximum Gasteiger partial charge on any atom is 0.159 e. The van der Waals surface area contributed by atoms with E-state index in [0.717, 1.165) is 24.3 Å². The van der Waals surface area contributed by atoms with Crippen molar-refractivity contribution in [1.82, 2.24) is 0 Å². The summed E-state index contributed by atoms with van der Waals surface area (Å²) in [6, 6.07) is 7.11. The second kappa shape index (κ2) is 5.44. The van der Waals surface area contributed by atoms with Crippen molar-refractivity contribution >= 4 is 11.8 Å². The Bertz CT molecular complexity index is 517. The van der Waals surface area contributed by atoms with Gasteiger partial charge in [0.1, 0.15) is 0 Å². The van der Waals surface area contributed by atoms with E-state index in [2.05, 4.69) is 0 Å². The van der Waals surface area contributed by atoms with Gasteiger partial charge in [-0.05, 0) is 35.9 Å². The average Bonchev–Trinajstić information content (AvgIpc) is 2.35. The summed E-state index contributed by atoms with van der Waals surface area (Å²) < 4.78 is 51.2. The maximum atomic E-state index is 12.9. The summed E-state index contributed by atoms with van der Waals surface area (Å²) in [6.07, 6.45) is 0. The van der Waals surface area contributed by atoms with E-state index < -0.39 is 23.3 Å². The molecule has 18 heavy (non-hydrogen) atoms. The van der Waals surface area contributed by atoms with Crippen molar-refractivity contribution in [1.29, 1.82) is 0 Å². The topological polar surface area (TPSA) is 0 Å². The largest absolute Gasteiger partial charge is 0.204 e. The van der Waals surface area contributed by atoms with Crippen LogP contribution in [0.15, 0.2) is 41.3 Å². The number of halogens is 4. The van der Waals surface area contributed by atoms with Crippen molar-refractivity contribution in [2.45, 2.75) is 10.6 Å². The number of hydrogen-bond acceptors (Lipinski definition) is 1. The van der Waals surface area contributed by atoms with Gasteiger partial charge in [-0.1, -0.05) is 6.07 Å². The Morgan fingerprint density at radius 3 is 1.94 bits per heavy atom. The summed E-state index contributed by atoms with van der Waals surface area (Å²) >= 11 is 1.22. The van der Waals surface area contributed by atoms with Crippen LogP contribution in [-0.4, -0.2) is 0 Å². The highest BCUT2D eigenvalue weighted by Gasteiger charge is 2.05. The van der Waals surface area contributed by atoms with Gasteiger partial charge in [0.05, 0.1) is 0 Å². The van der Waals surface area contributed by atoms with E-state index in [9.17, 15) is 17.6 Å². The number of rotatable bonds is 3. The van der Waals surface area contributed by atoms with Gasteiger partial charge in [-0.15, -0.1) is 11.8 Å². The molecule has 0 nitrogen and oxygen atoms in total. The first-order valence-corrected chi connectivity index (χ1v) is 6.06. The molecule has 2 rings (SSSR count). The molecule has 2 aromatic rings. The van der Waals surface area contributed by atoms with Crippen LogP contribution in [0.3, 0.4) is 0 Å². The minimum absolute atomic E-state index is 0.349. The molecule has 0 heterocycles. The summed E-state index contributed by atoms with van der Waals surface area (Å²) in [7, 11) is 0. The fourth-order valence-electron chi connectivity index (χ4n) is 1.36. The van der Waals surface area contributed by atoms with Crippen LogP contribution in [0, 0.1) is 23.3 Å². The van der Waals surface area contributed by atoms with Gasteiger partial charge in [-0.25, -0.2) is 17.6 Å².